The van der Waals surface area contributed by atoms with Crippen molar-refractivity contribution in [2.24, 2.45) is 7.05 Å². The monoisotopic (exact) mass is 253 g/mol. The summed E-state index contributed by atoms with van der Waals surface area (Å²) in [6.45, 7) is 1.15. The van der Waals surface area contributed by atoms with Crippen molar-refractivity contribution in [2.45, 2.75) is 49.7 Å². The Balaban J connectivity index is 1.53. The predicted octanol–water partition coefficient (Wildman–Crippen LogP) is 2.82. The Labute approximate surface area is 108 Å². The Bertz CT molecular complexity index is 318. The summed E-state index contributed by atoms with van der Waals surface area (Å²) in [6, 6.07) is 0.793. The lowest BCUT2D eigenvalue weighted by Crippen LogP contribution is -2.31. The first kappa shape index (κ1) is 13.0. The summed E-state index contributed by atoms with van der Waals surface area (Å²) in [5.74, 6) is 1.16. The topological polar surface area (TPSA) is 29.9 Å². The van der Waals surface area contributed by atoms with Gasteiger partial charge in [-0.3, -0.25) is 0 Å². The van der Waals surface area contributed by atoms with Crippen LogP contribution in [0.2, 0.25) is 0 Å². The van der Waals surface area contributed by atoms with Crippen molar-refractivity contribution in [3.63, 3.8) is 0 Å². The summed E-state index contributed by atoms with van der Waals surface area (Å²) in [7, 11) is 2.05. The number of imidazole rings is 1. The standard InChI is InChI=1S/C13H23N3S/c1-16-10-9-15-13(16)17-11-5-8-14-12-6-3-2-4-7-12/h9-10,12,14H,2-8,11H2,1H3. The summed E-state index contributed by atoms with van der Waals surface area (Å²) in [4.78, 5) is 4.31. The van der Waals surface area contributed by atoms with Crippen LogP contribution in [0.3, 0.4) is 0 Å². The quantitative estimate of drug-likeness (QED) is 0.624. The molecule has 1 aliphatic rings. The second kappa shape index (κ2) is 7.07. The maximum absolute atomic E-state index is 4.31. The smallest absolute Gasteiger partial charge is 0.167 e. The molecule has 1 aromatic rings. The third-order valence-electron chi connectivity index (χ3n) is 3.37. The highest BCUT2D eigenvalue weighted by molar-refractivity contribution is 7.99. The fraction of sp³-hybridized carbons (Fsp3) is 0.769. The van der Waals surface area contributed by atoms with Crippen molar-refractivity contribution in [3.8, 4) is 0 Å². The van der Waals surface area contributed by atoms with Gasteiger partial charge in [0, 0.05) is 31.2 Å². The normalized spacial score (nSPS) is 17.5. The molecule has 0 bridgehead atoms. The van der Waals surface area contributed by atoms with Gasteiger partial charge in [0.1, 0.15) is 0 Å². The summed E-state index contributed by atoms with van der Waals surface area (Å²) in [5.41, 5.74) is 0. The molecular weight excluding hydrogens is 230 g/mol. The van der Waals surface area contributed by atoms with E-state index in [1.807, 2.05) is 24.2 Å². The molecule has 17 heavy (non-hydrogen) atoms. The lowest BCUT2D eigenvalue weighted by atomic mass is 9.95. The third kappa shape index (κ3) is 4.36. The number of thioether (sulfide) groups is 1. The summed E-state index contributed by atoms with van der Waals surface area (Å²) >= 11 is 1.85. The van der Waals surface area contributed by atoms with Crippen molar-refractivity contribution < 1.29 is 0 Å². The third-order valence-corrected chi connectivity index (χ3v) is 4.51. The highest BCUT2D eigenvalue weighted by Crippen LogP contribution is 2.18. The molecule has 0 aromatic carbocycles. The molecule has 1 heterocycles. The average Bonchev–Trinajstić information content (AvgIpc) is 2.76. The van der Waals surface area contributed by atoms with Gasteiger partial charge in [-0.25, -0.2) is 4.98 Å². The molecule has 0 atom stereocenters. The SMILES string of the molecule is Cn1ccnc1SCCCNC1CCCCC1. The van der Waals surface area contributed by atoms with E-state index in [-0.39, 0.29) is 0 Å². The highest BCUT2D eigenvalue weighted by atomic mass is 32.2. The number of nitrogens with one attached hydrogen (secondary N) is 1. The van der Waals surface area contributed by atoms with Gasteiger partial charge in [0.25, 0.3) is 0 Å². The van der Waals surface area contributed by atoms with Crippen molar-refractivity contribution in [2.75, 3.05) is 12.3 Å². The van der Waals surface area contributed by atoms with E-state index in [0.29, 0.717) is 0 Å². The van der Waals surface area contributed by atoms with Gasteiger partial charge in [0.15, 0.2) is 5.16 Å². The van der Waals surface area contributed by atoms with Crippen LogP contribution in [0, 0.1) is 0 Å². The lowest BCUT2D eigenvalue weighted by Gasteiger charge is -2.22. The van der Waals surface area contributed by atoms with Gasteiger partial charge < -0.3 is 9.88 Å². The molecule has 96 valence electrons. The molecule has 0 radical (unpaired) electrons. The van der Waals surface area contributed by atoms with Gasteiger partial charge in [-0.05, 0) is 25.8 Å². The molecule has 0 unspecified atom stereocenters. The predicted molar refractivity (Wildman–Crippen MR) is 73.4 cm³/mol. The van der Waals surface area contributed by atoms with E-state index < -0.39 is 0 Å². The molecule has 0 amide bonds. The van der Waals surface area contributed by atoms with Crippen LogP contribution in [0.1, 0.15) is 38.5 Å². The minimum Gasteiger partial charge on any atom is -0.329 e. The molecule has 2 rings (SSSR count). The van der Waals surface area contributed by atoms with Gasteiger partial charge in [-0.1, -0.05) is 31.0 Å². The minimum absolute atomic E-state index is 0.793. The molecule has 0 aliphatic heterocycles. The first-order chi connectivity index (χ1) is 8.36. The maximum atomic E-state index is 4.31. The van der Waals surface area contributed by atoms with Gasteiger partial charge in [-0.2, -0.15) is 0 Å². The van der Waals surface area contributed by atoms with Gasteiger partial charge in [0.05, 0.1) is 0 Å². The first-order valence-electron chi connectivity index (χ1n) is 6.70. The molecular formula is C13H23N3S. The Morgan fingerprint density at radius 1 is 1.41 bits per heavy atom. The molecule has 4 heteroatoms. The van der Waals surface area contributed by atoms with E-state index in [0.717, 1.165) is 23.5 Å². The molecule has 1 fully saturated rings. The van der Waals surface area contributed by atoms with E-state index in [1.54, 1.807) is 0 Å². The fourth-order valence-electron chi connectivity index (χ4n) is 2.34. The fourth-order valence-corrected chi connectivity index (χ4v) is 3.21. The molecule has 1 aliphatic carbocycles. The van der Waals surface area contributed by atoms with Crippen molar-refractivity contribution in [1.29, 1.82) is 0 Å². The van der Waals surface area contributed by atoms with Crippen molar-refractivity contribution in [1.82, 2.24) is 14.9 Å². The number of nitrogens with zero attached hydrogens (tertiary/aromatic N) is 2. The van der Waals surface area contributed by atoms with Crippen LogP contribution < -0.4 is 5.32 Å². The summed E-state index contributed by atoms with van der Waals surface area (Å²) in [5, 5.41) is 4.80. The van der Waals surface area contributed by atoms with Crippen LogP contribution in [0.15, 0.2) is 17.6 Å². The lowest BCUT2D eigenvalue weighted by molar-refractivity contribution is 0.375. The molecule has 0 spiro atoms. The highest BCUT2D eigenvalue weighted by Gasteiger charge is 2.11. The van der Waals surface area contributed by atoms with Crippen LogP contribution in [-0.2, 0) is 7.05 Å². The Kier molecular flexibility index (Phi) is 5.39. The zero-order valence-corrected chi connectivity index (χ0v) is 11.5. The minimum atomic E-state index is 0.793. The molecule has 1 N–H and O–H groups in total. The number of hydrogen-bond donors (Lipinski definition) is 1. The van der Waals surface area contributed by atoms with Gasteiger partial charge in [0.2, 0.25) is 0 Å². The zero-order valence-electron chi connectivity index (χ0n) is 10.7. The Morgan fingerprint density at radius 3 is 2.94 bits per heavy atom. The van der Waals surface area contributed by atoms with Crippen LogP contribution in [0.4, 0.5) is 0 Å². The van der Waals surface area contributed by atoms with Crippen LogP contribution in [0.25, 0.3) is 0 Å². The summed E-state index contributed by atoms with van der Waals surface area (Å²) < 4.78 is 2.08. The second-order valence-corrected chi connectivity index (χ2v) is 5.87. The van der Waals surface area contributed by atoms with E-state index >= 15 is 0 Å². The first-order valence-corrected chi connectivity index (χ1v) is 7.68. The summed E-state index contributed by atoms with van der Waals surface area (Å²) in [6.07, 6.45) is 12.1. The zero-order chi connectivity index (χ0) is 11.9. The van der Waals surface area contributed by atoms with E-state index in [2.05, 4.69) is 21.9 Å². The number of rotatable bonds is 6. The molecule has 1 aromatic heterocycles. The van der Waals surface area contributed by atoms with E-state index in [1.165, 1.54) is 38.5 Å². The second-order valence-electron chi connectivity index (χ2n) is 4.81. The van der Waals surface area contributed by atoms with E-state index in [9.17, 15) is 0 Å². The number of hydrogen-bond acceptors (Lipinski definition) is 3. The maximum Gasteiger partial charge on any atom is 0.167 e. The molecule has 0 saturated heterocycles. The largest absolute Gasteiger partial charge is 0.329 e. The van der Waals surface area contributed by atoms with Crippen molar-refractivity contribution >= 4 is 11.8 Å². The molecule has 3 nitrogen and oxygen atoms in total. The van der Waals surface area contributed by atoms with Crippen molar-refractivity contribution in [3.05, 3.63) is 12.4 Å². The molecule has 1 saturated carbocycles. The van der Waals surface area contributed by atoms with Crippen LogP contribution >= 0.6 is 11.8 Å². The Hall–Kier alpha value is -0.480. The number of aromatic nitrogens is 2. The van der Waals surface area contributed by atoms with E-state index in [4.69, 9.17) is 0 Å². The van der Waals surface area contributed by atoms with Gasteiger partial charge >= 0.3 is 0 Å². The van der Waals surface area contributed by atoms with Crippen LogP contribution in [-0.4, -0.2) is 27.9 Å². The Morgan fingerprint density at radius 2 is 2.24 bits per heavy atom. The van der Waals surface area contributed by atoms with Crippen LogP contribution in [0.5, 0.6) is 0 Å². The number of aryl methyl sites for hydroxylation is 1. The van der Waals surface area contributed by atoms with Gasteiger partial charge in [-0.15, -0.1) is 0 Å². The average molecular weight is 253 g/mol.